The third kappa shape index (κ3) is 4.32. The molecule has 1 aliphatic carbocycles. The zero-order valence-corrected chi connectivity index (χ0v) is 18.4. The normalized spacial score (nSPS) is 14.3. The molecular weight excluding hydrogens is 386 g/mol. The number of allylic oxidation sites excluding steroid dienone is 1. The van der Waals surface area contributed by atoms with E-state index in [4.69, 9.17) is 4.74 Å². The van der Waals surface area contributed by atoms with Gasteiger partial charge >= 0.3 is 0 Å². The van der Waals surface area contributed by atoms with Crippen LogP contribution in [-0.2, 0) is 5.54 Å². The van der Waals surface area contributed by atoms with E-state index in [1.165, 1.54) is 0 Å². The molecule has 5 heteroatoms. The van der Waals surface area contributed by atoms with Crippen molar-refractivity contribution in [3.8, 4) is 5.75 Å². The van der Waals surface area contributed by atoms with E-state index in [0.717, 1.165) is 52.6 Å². The predicted molar refractivity (Wildman–Crippen MR) is 125 cm³/mol. The molecular formula is C26H29N3O2. The molecule has 4 rings (SSSR count). The first-order chi connectivity index (χ1) is 14.9. The summed E-state index contributed by atoms with van der Waals surface area (Å²) in [5.74, 6) is 0.626. The molecule has 1 aromatic heterocycles. The van der Waals surface area contributed by atoms with Crippen LogP contribution < -0.4 is 15.4 Å². The van der Waals surface area contributed by atoms with Gasteiger partial charge in [0.1, 0.15) is 12.4 Å². The summed E-state index contributed by atoms with van der Waals surface area (Å²) >= 11 is 0. The van der Waals surface area contributed by atoms with Crippen LogP contribution in [-0.4, -0.2) is 31.1 Å². The number of hydrogen-bond donors (Lipinski definition) is 2. The van der Waals surface area contributed by atoms with Gasteiger partial charge in [-0.1, -0.05) is 24.3 Å². The highest BCUT2D eigenvalue weighted by Gasteiger charge is 2.47. The molecule has 2 N–H and O–H groups in total. The number of likely N-dealkylation sites (N-methyl/N-ethyl adjacent to an activating group) is 1. The minimum atomic E-state index is -0.376. The van der Waals surface area contributed by atoms with Gasteiger partial charge < -0.3 is 15.4 Å². The largest absolute Gasteiger partial charge is 0.492 e. The number of pyridine rings is 1. The number of hydrogen-bond acceptors (Lipinski definition) is 4. The van der Waals surface area contributed by atoms with Crippen LogP contribution in [0.5, 0.6) is 5.75 Å². The Morgan fingerprint density at radius 3 is 2.74 bits per heavy atom. The van der Waals surface area contributed by atoms with Crippen LogP contribution in [0.2, 0.25) is 0 Å². The van der Waals surface area contributed by atoms with E-state index in [0.29, 0.717) is 17.9 Å². The average Bonchev–Trinajstić information content (AvgIpc) is 3.54. The topological polar surface area (TPSA) is 63.2 Å². The van der Waals surface area contributed by atoms with Crippen molar-refractivity contribution in [2.75, 3.05) is 20.2 Å². The van der Waals surface area contributed by atoms with Crippen molar-refractivity contribution >= 4 is 22.4 Å². The van der Waals surface area contributed by atoms with Gasteiger partial charge in [0.2, 0.25) is 0 Å². The maximum absolute atomic E-state index is 13.3. The fourth-order valence-corrected chi connectivity index (χ4v) is 3.90. The number of carbonyl (C=O) groups is 1. The van der Waals surface area contributed by atoms with Gasteiger partial charge in [-0.15, -0.1) is 0 Å². The second-order valence-corrected chi connectivity index (χ2v) is 8.34. The molecule has 0 aliphatic heterocycles. The van der Waals surface area contributed by atoms with Crippen molar-refractivity contribution in [1.82, 2.24) is 15.6 Å². The van der Waals surface area contributed by atoms with Crippen LogP contribution in [0.25, 0.3) is 16.5 Å². The summed E-state index contributed by atoms with van der Waals surface area (Å²) < 4.78 is 5.76. The highest BCUT2D eigenvalue weighted by Crippen LogP contribution is 2.48. The lowest BCUT2D eigenvalue weighted by Crippen LogP contribution is -2.35. The van der Waals surface area contributed by atoms with Gasteiger partial charge in [-0.3, -0.25) is 9.78 Å². The predicted octanol–water partition coefficient (Wildman–Crippen LogP) is 4.59. The van der Waals surface area contributed by atoms with Crippen LogP contribution in [0, 0.1) is 6.92 Å². The number of benzene rings is 2. The molecule has 0 saturated heterocycles. The molecule has 1 fully saturated rings. The first-order valence-electron chi connectivity index (χ1n) is 10.7. The minimum absolute atomic E-state index is 0.0770. The quantitative estimate of drug-likeness (QED) is 0.528. The Labute approximate surface area is 183 Å². The number of amides is 1. The Balaban J connectivity index is 1.65. The molecule has 5 nitrogen and oxygen atoms in total. The van der Waals surface area contributed by atoms with Gasteiger partial charge in [0.25, 0.3) is 5.91 Å². The lowest BCUT2D eigenvalue weighted by molar-refractivity contribution is 0.0930. The Hall–Kier alpha value is -3.18. The van der Waals surface area contributed by atoms with Gasteiger partial charge in [-0.25, -0.2) is 0 Å². The zero-order valence-electron chi connectivity index (χ0n) is 18.4. The molecule has 0 bridgehead atoms. The monoisotopic (exact) mass is 415 g/mol. The fraction of sp³-hybridized carbons (Fsp3) is 0.308. The van der Waals surface area contributed by atoms with E-state index in [2.05, 4.69) is 40.4 Å². The van der Waals surface area contributed by atoms with Gasteiger partial charge in [0.15, 0.2) is 0 Å². The summed E-state index contributed by atoms with van der Waals surface area (Å²) in [5.41, 5.74) is 5.27. The number of aryl methyl sites for hydroxylation is 1. The van der Waals surface area contributed by atoms with Gasteiger partial charge in [-0.2, -0.15) is 0 Å². The van der Waals surface area contributed by atoms with Gasteiger partial charge in [-0.05, 0) is 80.8 Å². The smallest absolute Gasteiger partial charge is 0.252 e. The SMILES string of the molecule is C=C(C)c1cc(C2(NC(=O)c3cc(OCCNC)ccc3C)CC2)c2cccnc2c1. The molecule has 1 aliphatic rings. The molecule has 0 radical (unpaired) electrons. The first-order valence-corrected chi connectivity index (χ1v) is 10.7. The van der Waals surface area contributed by atoms with Crippen molar-refractivity contribution in [3.05, 3.63) is 77.5 Å². The average molecular weight is 416 g/mol. The van der Waals surface area contributed by atoms with E-state index >= 15 is 0 Å². The molecule has 0 atom stereocenters. The summed E-state index contributed by atoms with van der Waals surface area (Å²) in [5, 5.41) is 7.46. The summed E-state index contributed by atoms with van der Waals surface area (Å²) in [4.78, 5) is 17.9. The summed E-state index contributed by atoms with van der Waals surface area (Å²) in [6, 6.07) is 13.9. The Bertz CT molecular complexity index is 1150. The van der Waals surface area contributed by atoms with Crippen LogP contribution >= 0.6 is 0 Å². The van der Waals surface area contributed by atoms with E-state index in [1.807, 2.05) is 45.2 Å². The minimum Gasteiger partial charge on any atom is -0.492 e. The Morgan fingerprint density at radius 2 is 2.03 bits per heavy atom. The standard InChI is InChI=1S/C26H29N3O2/c1-17(2)19-14-23(21-6-5-11-28-24(21)15-19)26(9-10-26)29-25(30)22-16-20(8-7-18(22)3)31-13-12-27-4/h5-8,11,14-16,27H,1,9-10,12-13H2,2-4H3,(H,29,30). The number of ether oxygens (including phenoxy) is 1. The van der Waals surface area contributed by atoms with Crippen LogP contribution in [0.3, 0.4) is 0 Å². The number of aromatic nitrogens is 1. The number of nitrogens with one attached hydrogen (secondary N) is 2. The van der Waals surface area contributed by atoms with Crippen molar-refractivity contribution in [3.63, 3.8) is 0 Å². The number of nitrogens with zero attached hydrogens (tertiary/aromatic N) is 1. The second-order valence-electron chi connectivity index (χ2n) is 8.34. The Morgan fingerprint density at radius 1 is 1.23 bits per heavy atom. The number of rotatable bonds is 8. The molecule has 1 heterocycles. The lowest BCUT2D eigenvalue weighted by atomic mass is 9.94. The summed E-state index contributed by atoms with van der Waals surface area (Å²) in [6.07, 6.45) is 3.61. The van der Waals surface area contributed by atoms with Crippen molar-refractivity contribution in [1.29, 1.82) is 0 Å². The second kappa shape index (κ2) is 8.52. The van der Waals surface area contributed by atoms with E-state index in [9.17, 15) is 4.79 Å². The number of carbonyl (C=O) groups excluding carboxylic acids is 1. The molecule has 1 saturated carbocycles. The first kappa shape index (κ1) is 21.1. The fourth-order valence-electron chi connectivity index (χ4n) is 3.90. The van der Waals surface area contributed by atoms with E-state index < -0.39 is 0 Å². The van der Waals surface area contributed by atoms with Crippen molar-refractivity contribution < 1.29 is 9.53 Å². The Kier molecular flexibility index (Phi) is 5.79. The maximum Gasteiger partial charge on any atom is 0.252 e. The number of fused-ring (bicyclic) bond motifs is 1. The molecule has 3 aromatic rings. The van der Waals surface area contributed by atoms with Gasteiger partial charge in [0.05, 0.1) is 11.1 Å². The molecule has 0 unspecified atom stereocenters. The zero-order chi connectivity index (χ0) is 22.0. The van der Waals surface area contributed by atoms with Crippen molar-refractivity contribution in [2.45, 2.75) is 32.2 Å². The van der Waals surface area contributed by atoms with E-state index in [-0.39, 0.29) is 11.4 Å². The third-order valence-corrected chi connectivity index (χ3v) is 5.91. The van der Waals surface area contributed by atoms with E-state index in [1.54, 1.807) is 6.20 Å². The molecule has 31 heavy (non-hydrogen) atoms. The maximum atomic E-state index is 13.3. The van der Waals surface area contributed by atoms with Crippen molar-refractivity contribution in [2.24, 2.45) is 0 Å². The molecule has 160 valence electrons. The summed E-state index contributed by atoms with van der Waals surface area (Å²) in [7, 11) is 1.88. The highest BCUT2D eigenvalue weighted by atomic mass is 16.5. The van der Waals surface area contributed by atoms with Crippen LogP contribution in [0.4, 0.5) is 0 Å². The van der Waals surface area contributed by atoms with Crippen LogP contribution in [0.15, 0.2) is 55.2 Å². The van der Waals surface area contributed by atoms with Crippen LogP contribution in [0.1, 0.15) is 46.8 Å². The molecule has 2 aromatic carbocycles. The van der Waals surface area contributed by atoms with Gasteiger partial charge in [0, 0.05) is 23.7 Å². The lowest BCUT2D eigenvalue weighted by Gasteiger charge is -2.22. The highest BCUT2D eigenvalue weighted by molar-refractivity contribution is 5.97. The molecule has 1 amide bonds. The summed E-state index contributed by atoms with van der Waals surface area (Å²) in [6.45, 7) is 9.35. The third-order valence-electron chi connectivity index (χ3n) is 5.91. The molecule has 0 spiro atoms.